The van der Waals surface area contributed by atoms with Crippen LogP contribution >= 0.6 is 39.0 Å². The van der Waals surface area contributed by atoms with Gasteiger partial charge in [0.25, 0.3) is 5.56 Å². The smallest absolute Gasteiger partial charge is 0.338 e. The monoisotopic (exact) mass is 684 g/mol. The van der Waals surface area contributed by atoms with E-state index in [-0.39, 0.29) is 12.2 Å². The number of furan rings is 1. The van der Waals surface area contributed by atoms with Gasteiger partial charge in [-0.1, -0.05) is 110 Å². The molecule has 0 fully saturated rings. The summed E-state index contributed by atoms with van der Waals surface area (Å²) in [6, 6.07) is 28.7. The quantitative estimate of drug-likeness (QED) is 0.158. The molecule has 0 aliphatic carbocycles. The number of aromatic nitrogens is 1. The highest BCUT2D eigenvalue weighted by Gasteiger charge is 2.35. The van der Waals surface area contributed by atoms with Crippen LogP contribution in [0.2, 0.25) is 0 Å². The molecule has 3 heterocycles. The summed E-state index contributed by atoms with van der Waals surface area (Å²) in [7, 11) is 0. The lowest BCUT2D eigenvalue weighted by Crippen LogP contribution is -2.40. The number of halogens is 1. The Balaban J connectivity index is 1.54. The number of hydrogen-bond acceptors (Lipinski definition) is 7. The summed E-state index contributed by atoms with van der Waals surface area (Å²) in [5, 5.41) is 0.689. The first kappa shape index (κ1) is 30.1. The summed E-state index contributed by atoms with van der Waals surface area (Å²) >= 11 is 6.36. The van der Waals surface area contributed by atoms with Crippen molar-refractivity contribution in [2.45, 2.75) is 42.7 Å². The maximum Gasteiger partial charge on any atom is 0.338 e. The van der Waals surface area contributed by atoms with E-state index >= 15 is 0 Å². The number of fused-ring (bicyclic) bond motifs is 1. The number of carbonyl (C=O) groups is 1. The minimum atomic E-state index is -0.726. The third-order valence-electron chi connectivity index (χ3n) is 7.19. The van der Waals surface area contributed by atoms with Crippen LogP contribution in [0.25, 0.3) is 11.8 Å². The van der Waals surface area contributed by atoms with Crippen LogP contribution in [0.5, 0.6) is 0 Å². The van der Waals surface area contributed by atoms with E-state index in [0.717, 1.165) is 20.5 Å². The topological polar surface area (TPSA) is 73.8 Å². The zero-order valence-corrected chi connectivity index (χ0v) is 27.5. The number of carbonyl (C=O) groups excluding carboxylic acids is 1. The van der Waals surface area contributed by atoms with Gasteiger partial charge < -0.3 is 9.15 Å². The van der Waals surface area contributed by atoms with Crippen molar-refractivity contribution in [2.75, 3.05) is 6.61 Å². The molecule has 0 unspecified atom stereocenters. The maximum atomic E-state index is 14.2. The predicted octanol–water partition coefficient (Wildman–Crippen LogP) is 7.57. The van der Waals surface area contributed by atoms with Crippen LogP contribution in [-0.4, -0.2) is 17.1 Å². The Hall–Kier alpha value is -3.92. The van der Waals surface area contributed by atoms with Crippen LogP contribution in [0.1, 0.15) is 55.2 Å². The molecule has 222 valence electrons. The first-order valence-corrected chi connectivity index (χ1v) is 16.7. The van der Waals surface area contributed by atoms with Gasteiger partial charge in [-0.15, -0.1) is 0 Å². The number of ether oxygens (including phenoxy) is 1. The number of hydrogen-bond donors (Lipinski definition) is 0. The molecule has 44 heavy (non-hydrogen) atoms. The number of benzene rings is 3. The molecular formula is C35H29BrN2O4S2. The van der Waals surface area contributed by atoms with Crippen LogP contribution < -0.4 is 14.9 Å². The van der Waals surface area contributed by atoms with Crippen molar-refractivity contribution in [1.29, 1.82) is 0 Å². The van der Waals surface area contributed by atoms with E-state index in [9.17, 15) is 9.59 Å². The lowest BCUT2D eigenvalue weighted by Gasteiger charge is -2.26. The molecule has 0 bridgehead atoms. The number of nitrogens with zero attached hydrogens (tertiary/aromatic N) is 2. The highest BCUT2D eigenvalue weighted by atomic mass is 79.9. The van der Waals surface area contributed by atoms with Crippen LogP contribution in [0, 0.1) is 0 Å². The zero-order chi connectivity index (χ0) is 30.8. The van der Waals surface area contributed by atoms with Crippen molar-refractivity contribution in [2.24, 2.45) is 4.99 Å². The summed E-state index contributed by atoms with van der Waals surface area (Å²) in [5.41, 5.74) is 3.31. The molecule has 1 aliphatic rings. The Kier molecular flexibility index (Phi) is 8.88. The van der Waals surface area contributed by atoms with Crippen molar-refractivity contribution in [3.63, 3.8) is 0 Å². The average molecular weight is 686 g/mol. The van der Waals surface area contributed by atoms with Crippen molar-refractivity contribution in [3.05, 3.63) is 143 Å². The first-order chi connectivity index (χ1) is 21.3. The standard InChI is InChI=1S/C35H29BrN2O4S2/c1-4-41-33(40)29-30(23-11-7-5-8-12-23)37-35-38(31(29)24-17-15-22(16-18-24)21(2)3)32(39)28(44-35)20-25-19-27(36)34(42-25)43-26-13-9-6-10-14-26/h5-21,31H,4H2,1-3H3/b28-20+/t31-/m0/s1. The normalized spacial score (nSPS) is 14.9. The van der Waals surface area contributed by atoms with E-state index in [1.54, 1.807) is 17.6 Å². The lowest BCUT2D eigenvalue weighted by molar-refractivity contribution is -0.138. The Morgan fingerprint density at radius 1 is 1.07 bits per heavy atom. The largest absolute Gasteiger partial charge is 0.463 e. The Morgan fingerprint density at radius 2 is 1.75 bits per heavy atom. The van der Waals surface area contributed by atoms with Crippen molar-refractivity contribution in [1.82, 2.24) is 4.57 Å². The molecule has 3 aromatic carbocycles. The Labute approximate surface area is 271 Å². The average Bonchev–Trinajstić information content (AvgIpc) is 3.54. The number of esters is 1. The third kappa shape index (κ3) is 6.04. The second kappa shape index (κ2) is 13.0. The number of thiazole rings is 1. The molecule has 6 nitrogen and oxygen atoms in total. The lowest BCUT2D eigenvalue weighted by atomic mass is 9.91. The fourth-order valence-corrected chi connectivity index (χ4v) is 7.39. The van der Waals surface area contributed by atoms with E-state index in [0.29, 0.717) is 37.4 Å². The summed E-state index contributed by atoms with van der Waals surface area (Å²) in [6.07, 6.45) is 1.73. The van der Waals surface area contributed by atoms with E-state index in [2.05, 4.69) is 29.8 Å². The van der Waals surface area contributed by atoms with Gasteiger partial charge >= 0.3 is 5.97 Å². The molecule has 0 radical (unpaired) electrons. The summed E-state index contributed by atoms with van der Waals surface area (Å²) in [4.78, 5) is 34.3. The molecule has 2 aromatic heterocycles. The zero-order valence-electron chi connectivity index (χ0n) is 24.3. The van der Waals surface area contributed by atoms with Crippen LogP contribution in [0.3, 0.4) is 0 Å². The summed E-state index contributed by atoms with van der Waals surface area (Å²) in [6.45, 7) is 6.23. The highest BCUT2D eigenvalue weighted by molar-refractivity contribution is 9.10. The molecule has 5 aromatic rings. The molecule has 0 N–H and O–H groups in total. The van der Waals surface area contributed by atoms with Gasteiger partial charge in [0.2, 0.25) is 0 Å². The molecule has 6 rings (SSSR count). The van der Waals surface area contributed by atoms with Gasteiger partial charge in [-0.05, 0) is 58.1 Å². The minimum Gasteiger partial charge on any atom is -0.463 e. The molecule has 0 saturated carbocycles. The predicted molar refractivity (Wildman–Crippen MR) is 179 cm³/mol. The van der Waals surface area contributed by atoms with Crippen LogP contribution in [0.15, 0.2) is 125 Å². The van der Waals surface area contributed by atoms with Crippen LogP contribution in [0.4, 0.5) is 0 Å². The summed E-state index contributed by atoms with van der Waals surface area (Å²) in [5.74, 6) is 0.370. The first-order valence-electron chi connectivity index (χ1n) is 14.2. The van der Waals surface area contributed by atoms with Gasteiger partial charge in [-0.2, -0.15) is 0 Å². The van der Waals surface area contributed by atoms with Gasteiger partial charge in [0.1, 0.15) is 5.76 Å². The SMILES string of the molecule is CCOC(=O)C1=C(c2ccccc2)N=c2s/c(=C/c3cc(Br)c(Sc4ccccc4)o3)c(=O)n2[C@H]1c1ccc(C(C)C)cc1. The van der Waals surface area contributed by atoms with Crippen molar-refractivity contribution < 1.29 is 13.9 Å². The highest BCUT2D eigenvalue weighted by Crippen LogP contribution is 2.37. The second-order valence-corrected chi connectivity index (χ2v) is 13.4. The van der Waals surface area contributed by atoms with Gasteiger partial charge in [-0.25, -0.2) is 9.79 Å². The fourth-order valence-electron chi connectivity index (χ4n) is 5.05. The van der Waals surface area contributed by atoms with E-state index in [1.165, 1.54) is 28.7 Å². The fraction of sp³-hybridized carbons (Fsp3) is 0.171. The Bertz CT molecular complexity index is 2030. The molecule has 9 heteroatoms. The molecule has 0 spiro atoms. The second-order valence-electron chi connectivity index (χ2n) is 10.5. The van der Waals surface area contributed by atoms with Gasteiger partial charge in [0.15, 0.2) is 9.89 Å². The molecule has 1 atom stereocenters. The molecule has 0 amide bonds. The van der Waals surface area contributed by atoms with Crippen molar-refractivity contribution in [3.8, 4) is 0 Å². The molecule has 0 saturated heterocycles. The van der Waals surface area contributed by atoms with E-state index in [1.807, 2.05) is 91.0 Å². The van der Waals surface area contributed by atoms with E-state index < -0.39 is 12.0 Å². The third-order valence-corrected chi connectivity index (χ3v) is 10.0. The number of rotatable bonds is 8. The van der Waals surface area contributed by atoms with Gasteiger partial charge in [-0.3, -0.25) is 9.36 Å². The van der Waals surface area contributed by atoms with Crippen molar-refractivity contribution >= 4 is 56.8 Å². The molecule has 1 aliphatic heterocycles. The molecular weight excluding hydrogens is 656 g/mol. The van der Waals surface area contributed by atoms with Gasteiger partial charge in [0.05, 0.1) is 32.9 Å². The summed E-state index contributed by atoms with van der Waals surface area (Å²) < 4.78 is 14.6. The maximum absolute atomic E-state index is 14.2. The van der Waals surface area contributed by atoms with Gasteiger partial charge in [0, 0.05) is 16.5 Å². The van der Waals surface area contributed by atoms with Crippen LogP contribution in [-0.2, 0) is 9.53 Å². The minimum absolute atomic E-state index is 0.199. The van der Waals surface area contributed by atoms with E-state index in [4.69, 9.17) is 14.1 Å². The Morgan fingerprint density at radius 3 is 2.41 bits per heavy atom.